The standard InChI is InChI=1S/C7H11ClO2/c8-4-3-7-6(9)2-1-5-10-7/h3-4,6-7,9H,1-2,5H2/b4-3+. The zero-order valence-electron chi connectivity index (χ0n) is 5.66. The Morgan fingerprint density at radius 3 is 3.00 bits per heavy atom. The van der Waals surface area contributed by atoms with Gasteiger partial charge >= 0.3 is 0 Å². The predicted octanol–water partition coefficient (Wildman–Crippen LogP) is 1.28. The Morgan fingerprint density at radius 1 is 1.60 bits per heavy atom. The number of halogens is 1. The summed E-state index contributed by atoms with van der Waals surface area (Å²) in [4.78, 5) is 0. The molecule has 3 heteroatoms. The molecule has 1 fully saturated rings. The van der Waals surface area contributed by atoms with Crippen LogP contribution in [-0.2, 0) is 4.74 Å². The minimum Gasteiger partial charge on any atom is -0.390 e. The second-order valence-electron chi connectivity index (χ2n) is 2.36. The summed E-state index contributed by atoms with van der Waals surface area (Å²) in [7, 11) is 0. The fourth-order valence-corrected chi connectivity index (χ4v) is 1.19. The molecule has 1 saturated heterocycles. The Hall–Kier alpha value is -0.0500. The molecule has 2 unspecified atom stereocenters. The number of ether oxygens (including phenoxy) is 1. The molecule has 1 heterocycles. The SMILES string of the molecule is OC1CCCOC1/C=C/Cl. The first kappa shape index (κ1) is 8.05. The summed E-state index contributed by atoms with van der Waals surface area (Å²) in [5.41, 5.74) is 1.39. The molecule has 0 amide bonds. The molecule has 58 valence electrons. The normalized spacial score (nSPS) is 35.0. The summed E-state index contributed by atoms with van der Waals surface area (Å²) in [6.45, 7) is 0.725. The molecule has 1 N–H and O–H groups in total. The van der Waals surface area contributed by atoms with Crippen molar-refractivity contribution in [2.75, 3.05) is 6.61 Å². The third kappa shape index (κ3) is 1.97. The Labute approximate surface area is 65.4 Å². The Bertz CT molecular complexity index is 125. The van der Waals surface area contributed by atoms with E-state index in [9.17, 15) is 5.11 Å². The van der Waals surface area contributed by atoms with Crippen LogP contribution in [0.1, 0.15) is 12.8 Å². The molecule has 0 aromatic carbocycles. The van der Waals surface area contributed by atoms with Crippen LogP contribution in [0.5, 0.6) is 0 Å². The first-order valence-electron chi connectivity index (χ1n) is 3.41. The van der Waals surface area contributed by atoms with E-state index in [1.165, 1.54) is 5.54 Å². The van der Waals surface area contributed by atoms with Crippen molar-refractivity contribution in [2.24, 2.45) is 0 Å². The average Bonchev–Trinajstić information content (AvgIpc) is 1.94. The second kappa shape index (κ2) is 3.96. The van der Waals surface area contributed by atoms with Gasteiger partial charge in [0.25, 0.3) is 0 Å². The summed E-state index contributed by atoms with van der Waals surface area (Å²) < 4.78 is 5.21. The van der Waals surface area contributed by atoms with Gasteiger partial charge in [-0.3, -0.25) is 0 Å². The average molecular weight is 163 g/mol. The van der Waals surface area contributed by atoms with Gasteiger partial charge in [0, 0.05) is 12.1 Å². The third-order valence-electron chi connectivity index (χ3n) is 1.60. The topological polar surface area (TPSA) is 29.5 Å². The molecule has 0 aromatic rings. The van der Waals surface area contributed by atoms with Gasteiger partial charge < -0.3 is 9.84 Å². The lowest BCUT2D eigenvalue weighted by atomic mass is 10.1. The highest BCUT2D eigenvalue weighted by Crippen LogP contribution is 2.14. The molecule has 0 radical (unpaired) electrons. The van der Waals surface area contributed by atoms with Crippen molar-refractivity contribution in [3.8, 4) is 0 Å². The maximum absolute atomic E-state index is 9.27. The highest BCUT2D eigenvalue weighted by atomic mass is 35.5. The van der Waals surface area contributed by atoms with E-state index >= 15 is 0 Å². The van der Waals surface area contributed by atoms with Crippen molar-refractivity contribution in [1.82, 2.24) is 0 Å². The van der Waals surface area contributed by atoms with E-state index in [4.69, 9.17) is 16.3 Å². The van der Waals surface area contributed by atoms with E-state index in [1.54, 1.807) is 6.08 Å². The zero-order chi connectivity index (χ0) is 7.40. The van der Waals surface area contributed by atoms with Gasteiger partial charge in [-0.2, -0.15) is 0 Å². The van der Waals surface area contributed by atoms with E-state index in [0.717, 1.165) is 19.4 Å². The monoisotopic (exact) mass is 162 g/mol. The molecule has 1 aliphatic heterocycles. The van der Waals surface area contributed by atoms with Crippen molar-refractivity contribution in [3.63, 3.8) is 0 Å². The highest BCUT2D eigenvalue weighted by molar-refractivity contribution is 6.25. The molecule has 0 spiro atoms. The Balaban J connectivity index is 2.39. The maximum atomic E-state index is 9.27. The van der Waals surface area contributed by atoms with Crippen molar-refractivity contribution >= 4 is 11.6 Å². The predicted molar refractivity (Wildman–Crippen MR) is 40.0 cm³/mol. The molecule has 1 aliphatic rings. The Morgan fingerprint density at radius 2 is 2.40 bits per heavy atom. The van der Waals surface area contributed by atoms with Gasteiger partial charge in [-0.1, -0.05) is 11.6 Å². The lowest BCUT2D eigenvalue weighted by Crippen LogP contribution is -2.32. The highest BCUT2D eigenvalue weighted by Gasteiger charge is 2.20. The van der Waals surface area contributed by atoms with Gasteiger partial charge in [0.1, 0.15) is 6.10 Å². The van der Waals surface area contributed by atoms with Crippen LogP contribution in [0.25, 0.3) is 0 Å². The molecule has 2 nitrogen and oxygen atoms in total. The van der Waals surface area contributed by atoms with Crippen molar-refractivity contribution in [3.05, 3.63) is 11.6 Å². The largest absolute Gasteiger partial charge is 0.390 e. The van der Waals surface area contributed by atoms with E-state index in [1.807, 2.05) is 0 Å². The van der Waals surface area contributed by atoms with Crippen molar-refractivity contribution < 1.29 is 9.84 Å². The Kier molecular flexibility index (Phi) is 3.19. The van der Waals surface area contributed by atoms with Gasteiger partial charge in [-0.15, -0.1) is 0 Å². The van der Waals surface area contributed by atoms with Crippen LogP contribution in [0.2, 0.25) is 0 Å². The summed E-state index contributed by atoms with van der Waals surface area (Å²) in [6, 6.07) is 0. The lowest BCUT2D eigenvalue weighted by molar-refractivity contribution is -0.0482. The first-order chi connectivity index (χ1) is 4.84. The molecule has 0 aliphatic carbocycles. The summed E-state index contributed by atoms with van der Waals surface area (Å²) in [6.07, 6.45) is 2.86. The third-order valence-corrected chi connectivity index (χ3v) is 1.74. The smallest absolute Gasteiger partial charge is 0.103 e. The molecule has 2 atom stereocenters. The van der Waals surface area contributed by atoms with Crippen LogP contribution in [-0.4, -0.2) is 23.9 Å². The van der Waals surface area contributed by atoms with Crippen LogP contribution in [0.3, 0.4) is 0 Å². The number of hydrogen-bond acceptors (Lipinski definition) is 2. The van der Waals surface area contributed by atoms with Gasteiger partial charge in [0.15, 0.2) is 0 Å². The van der Waals surface area contributed by atoms with Crippen LogP contribution >= 0.6 is 11.6 Å². The van der Waals surface area contributed by atoms with Crippen molar-refractivity contribution in [2.45, 2.75) is 25.0 Å². The number of hydrogen-bond donors (Lipinski definition) is 1. The van der Waals surface area contributed by atoms with E-state index < -0.39 is 0 Å². The number of aliphatic hydroxyl groups is 1. The lowest BCUT2D eigenvalue weighted by Gasteiger charge is -2.24. The quantitative estimate of drug-likeness (QED) is 0.630. The summed E-state index contributed by atoms with van der Waals surface area (Å²) in [5, 5.41) is 9.27. The van der Waals surface area contributed by atoms with Gasteiger partial charge in [-0.05, 0) is 18.9 Å². The van der Waals surface area contributed by atoms with Crippen LogP contribution in [0.15, 0.2) is 11.6 Å². The molecule has 0 saturated carbocycles. The molecule has 1 rings (SSSR count). The molecule has 10 heavy (non-hydrogen) atoms. The van der Waals surface area contributed by atoms with Gasteiger partial charge in [-0.25, -0.2) is 0 Å². The van der Waals surface area contributed by atoms with Gasteiger partial charge in [0.2, 0.25) is 0 Å². The fraction of sp³-hybridized carbons (Fsp3) is 0.714. The minimum atomic E-state index is -0.372. The second-order valence-corrected chi connectivity index (χ2v) is 2.62. The molecule has 0 aromatic heterocycles. The maximum Gasteiger partial charge on any atom is 0.103 e. The molecule has 0 bridgehead atoms. The number of rotatable bonds is 1. The van der Waals surface area contributed by atoms with Crippen LogP contribution in [0, 0.1) is 0 Å². The molecular formula is C7H11ClO2. The van der Waals surface area contributed by atoms with E-state index in [2.05, 4.69) is 0 Å². The number of aliphatic hydroxyl groups excluding tert-OH is 1. The van der Waals surface area contributed by atoms with Crippen LogP contribution in [0.4, 0.5) is 0 Å². The fourth-order valence-electron chi connectivity index (χ4n) is 1.04. The minimum absolute atomic E-state index is 0.189. The van der Waals surface area contributed by atoms with E-state index in [0.29, 0.717) is 0 Å². The van der Waals surface area contributed by atoms with E-state index in [-0.39, 0.29) is 12.2 Å². The summed E-state index contributed by atoms with van der Waals surface area (Å²) >= 11 is 5.33. The first-order valence-corrected chi connectivity index (χ1v) is 3.85. The molecular weight excluding hydrogens is 152 g/mol. The summed E-state index contributed by atoms with van der Waals surface area (Å²) in [5.74, 6) is 0. The van der Waals surface area contributed by atoms with Crippen LogP contribution < -0.4 is 0 Å². The zero-order valence-corrected chi connectivity index (χ0v) is 6.42. The van der Waals surface area contributed by atoms with Crippen molar-refractivity contribution in [1.29, 1.82) is 0 Å². The van der Waals surface area contributed by atoms with Gasteiger partial charge in [0.05, 0.1) is 6.10 Å².